The average Bonchev–Trinajstić information content (AvgIpc) is 2.78. The van der Waals surface area contributed by atoms with Crippen molar-refractivity contribution in [3.8, 4) is 5.75 Å². The SMILES string of the molecule is Cc1cc2nnc3c4ccccc4cc(O)c3n2n1. The van der Waals surface area contributed by atoms with Gasteiger partial charge in [0.25, 0.3) is 0 Å². The molecular weight excluding hydrogens is 240 g/mol. The van der Waals surface area contributed by atoms with Crippen LogP contribution in [0, 0.1) is 6.92 Å². The van der Waals surface area contributed by atoms with Gasteiger partial charge in [0, 0.05) is 11.5 Å². The van der Waals surface area contributed by atoms with Crippen LogP contribution in [0.15, 0.2) is 36.4 Å². The van der Waals surface area contributed by atoms with Crippen LogP contribution in [0.3, 0.4) is 0 Å². The fourth-order valence-electron chi connectivity index (χ4n) is 2.44. The van der Waals surface area contributed by atoms with Gasteiger partial charge in [0.15, 0.2) is 5.65 Å². The zero-order valence-corrected chi connectivity index (χ0v) is 10.2. The summed E-state index contributed by atoms with van der Waals surface area (Å²) in [4.78, 5) is 0. The molecule has 5 nitrogen and oxygen atoms in total. The van der Waals surface area contributed by atoms with Gasteiger partial charge in [0.05, 0.1) is 5.69 Å². The molecule has 4 aromatic rings. The highest BCUT2D eigenvalue weighted by molar-refractivity contribution is 6.06. The summed E-state index contributed by atoms with van der Waals surface area (Å²) in [5, 5.41) is 24.9. The minimum Gasteiger partial charge on any atom is -0.506 e. The maximum absolute atomic E-state index is 10.2. The standard InChI is InChI=1S/C14H10N4O/c1-8-6-12-15-16-13-10-5-3-2-4-9(10)7-11(19)14(13)18(12)17-8/h2-7,19H,1H3. The van der Waals surface area contributed by atoms with Crippen molar-refractivity contribution in [3.05, 3.63) is 42.1 Å². The third kappa shape index (κ3) is 1.32. The molecule has 0 bridgehead atoms. The predicted molar refractivity (Wildman–Crippen MR) is 72.2 cm³/mol. The zero-order chi connectivity index (χ0) is 13.0. The number of phenols is 1. The van der Waals surface area contributed by atoms with Crippen LogP contribution in [0.4, 0.5) is 0 Å². The number of hydrogen-bond donors (Lipinski definition) is 1. The highest BCUT2D eigenvalue weighted by Gasteiger charge is 2.12. The predicted octanol–water partition coefficient (Wildman–Crippen LogP) is 2.44. The van der Waals surface area contributed by atoms with Crippen molar-refractivity contribution in [1.29, 1.82) is 0 Å². The number of rotatable bonds is 0. The molecule has 0 aliphatic heterocycles. The Morgan fingerprint density at radius 3 is 2.84 bits per heavy atom. The van der Waals surface area contributed by atoms with Gasteiger partial charge in [-0.2, -0.15) is 5.10 Å². The number of aromatic nitrogens is 4. The fraction of sp³-hybridized carbons (Fsp3) is 0.0714. The Morgan fingerprint density at radius 2 is 1.95 bits per heavy atom. The van der Waals surface area contributed by atoms with E-state index in [1.165, 1.54) is 0 Å². The Kier molecular flexibility index (Phi) is 1.84. The molecule has 0 spiro atoms. The molecule has 0 aliphatic rings. The van der Waals surface area contributed by atoms with Crippen LogP contribution in [0.2, 0.25) is 0 Å². The summed E-state index contributed by atoms with van der Waals surface area (Å²) in [6, 6.07) is 11.3. The minimum atomic E-state index is 0.164. The summed E-state index contributed by atoms with van der Waals surface area (Å²) >= 11 is 0. The number of nitrogens with zero attached hydrogens (tertiary/aromatic N) is 4. The molecule has 0 aliphatic carbocycles. The minimum absolute atomic E-state index is 0.164. The number of aryl methyl sites for hydroxylation is 1. The lowest BCUT2D eigenvalue weighted by molar-refractivity contribution is 0.479. The van der Waals surface area contributed by atoms with E-state index in [0.717, 1.165) is 16.5 Å². The average molecular weight is 250 g/mol. The van der Waals surface area contributed by atoms with Gasteiger partial charge < -0.3 is 5.11 Å². The molecule has 19 heavy (non-hydrogen) atoms. The molecule has 5 heteroatoms. The quantitative estimate of drug-likeness (QED) is 0.487. The Morgan fingerprint density at radius 1 is 1.11 bits per heavy atom. The summed E-state index contributed by atoms with van der Waals surface area (Å²) in [6.07, 6.45) is 0. The molecule has 0 unspecified atom stereocenters. The van der Waals surface area contributed by atoms with Crippen molar-refractivity contribution in [2.24, 2.45) is 0 Å². The van der Waals surface area contributed by atoms with Gasteiger partial charge in [-0.3, -0.25) is 0 Å². The van der Waals surface area contributed by atoms with Gasteiger partial charge in [-0.1, -0.05) is 24.3 Å². The summed E-state index contributed by atoms with van der Waals surface area (Å²) < 4.78 is 1.64. The van der Waals surface area contributed by atoms with Gasteiger partial charge >= 0.3 is 0 Å². The van der Waals surface area contributed by atoms with Crippen LogP contribution in [-0.4, -0.2) is 24.9 Å². The molecule has 0 atom stereocenters. The van der Waals surface area contributed by atoms with Crippen molar-refractivity contribution < 1.29 is 5.11 Å². The monoisotopic (exact) mass is 250 g/mol. The third-order valence-corrected chi connectivity index (χ3v) is 3.25. The molecule has 0 fully saturated rings. The Hall–Kier alpha value is -2.69. The van der Waals surface area contributed by atoms with Crippen molar-refractivity contribution in [3.63, 3.8) is 0 Å². The van der Waals surface area contributed by atoms with Crippen LogP contribution in [0.5, 0.6) is 5.75 Å². The van der Waals surface area contributed by atoms with Gasteiger partial charge in [0.1, 0.15) is 16.8 Å². The topological polar surface area (TPSA) is 63.3 Å². The van der Waals surface area contributed by atoms with E-state index in [2.05, 4.69) is 15.3 Å². The van der Waals surface area contributed by atoms with Crippen molar-refractivity contribution in [2.45, 2.75) is 6.92 Å². The van der Waals surface area contributed by atoms with Gasteiger partial charge in [-0.25, -0.2) is 4.52 Å². The summed E-state index contributed by atoms with van der Waals surface area (Å²) in [6.45, 7) is 1.89. The lowest BCUT2D eigenvalue weighted by atomic mass is 10.1. The first-order chi connectivity index (χ1) is 9.24. The molecule has 0 amide bonds. The van der Waals surface area contributed by atoms with Crippen molar-refractivity contribution >= 4 is 27.5 Å². The molecule has 0 saturated carbocycles. The maximum Gasteiger partial charge on any atom is 0.178 e. The Bertz CT molecular complexity index is 942. The Labute approximate surface area is 108 Å². The van der Waals surface area contributed by atoms with E-state index < -0.39 is 0 Å². The highest BCUT2D eigenvalue weighted by atomic mass is 16.3. The maximum atomic E-state index is 10.2. The van der Waals surface area contributed by atoms with E-state index >= 15 is 0 Å². The van der Waals surface area contributed by atoms with E-state index in [-0.39, 0.29) is 5.75 Å². The largest absolute Gasteiger partial charge is 0.506 e. The van der Waals surface area contributed by atoms with Crippen LogP contribution in [0.25, 0.3) is 27.5 Å². The van der Waals surface area contributed by atoms with E-state index in [1.54, 1.807) is 10.6 Å². The molecule has 4 rings (SSSR count). The Balaban J connectivity index is 2.34. The molecular formula is C14H10N4O. The van der Waals surface area contributed by atoms with Gasteiger partial charge in [-0.15, -0.1) is 10.2 Å². The zero-order valence-electron chi connectivity index (χ0n) is 10.2. The smallest absolute Gasteiger partial charge is 0.178 e. The number of phenolic OH excluding ortho intramolecular Hbond substituents is 1. The van der Waals surface area contributed by atoms with Crippen molar-refractivity contribution in [1.82, 2.24) is 19.8 Å². The van der Waals surface area contributed by atoms with E-state index in [1.807, 2.05) is 37.3 Å². The molecule has 0 radical (unpaired) electrons. The molecule has 2 heterocycles. The lowest BCUT2D eigenvalue weighted by Gasteiger charge is -2.06. The van der Waals surface area contributed by atoms with Gasteiger partial charge in [-0.05, 0) is 18.4 Å². The van der Waals surface area contributed by atoms with E-state index in [9.17, 15) is 5.11 Å². The molecule has 1 N–H and O–H groups in total. The van der Waals surface area contributed by atoms with E-state index in [4.69, 9.17) is 0 Å². The van der Waals surface area contributed by atoms with E-state index in [0.29, 0.717) is 16.7 Å². The van der Waals surface area contributed by atoms with Crippen LogP contribution in [0.1, 0.15) is 5.69 Å². The highest BCUT2D eigenvalue weighted by Crippen LogP contribution is 2.31. The van der Waals surface area contributed by atoms with Gasteiger partial charge in [0.2, 0.25) is 0 Å². The van der Waals surface area contributed by atoms with Crippen molar-refractivity contribution in [2.75, 3.05) is 0 Å². The summed E-state index contributed by atoms with van der Waals surface area (Å²) in [5.74, 6) is 0.164. The first-order valence-corrected chi connectivity index (χ1v) is 5.97. The number of hydrogen-bond acceptors (Lipinski definition) is 4. The second-order valence-electron chi connectivity index (χ2n) is 4.57. The third-order valence-electron chi connectivity index (χ3n) is 3.25. The lowest BCUT2D eigenvalue weighted by Crippen LogP contribution is -1.97. The summed E-state index contributed by atoms with van der Waals surface area (Å²) in [5.41, 5.74) is 2.73. The molecule has 92 valence electrons. The second kappa shape index (κ2) is 3.41. The number of benzene rings is 2. The molecule has 2 aromatic heterocycles. The number of aromatic hydroxyl groups is 1. The second-order valence-corrected chi connectivity index (χ2v) is 4.57. The van der Waals surface area contributed by atoms with Crippen LogP contribution in [-0.2, 0) is 0 Å². The summed E-state index contributed by atoms with van der Waals surface area (Å²) in [7, 11) is 0. The normalized spacial score (nSPS) is 11.6. The first kappa shape index (κ1) is 10.3. The van der Waals surface area contributed by atoms with Crippen LogP contribution < -0.4 is 0 Å². The first-order valence-electron chi connectivity index (χ1n) is 5.97. The molecule has 0 saturated heterocycles. The molecule has 2 aromatic carbocycles. The fourth-order valence-corrected chi connectivity index (χ4v) is 2.44. The number of fused-ring (bicyclic) bond motifs is 5. The van der Waals surface area contributed by atoms with Crippen LogP contribution >= 0.6 is 0 Å².